The van der Waals surface area contributed by atoms with Crippen LogP contribution >= 0.6 is 0 Å². The lowest BCUT2D eigenvalue weighted by Gasteiger charge is -2.03. The summed E-state index contributed by atoms with van der Waals surface area (Å²) in [6.45, 7) is 0.115. The highest BCUT2D eigenvalue weighted by molar-refractivity contribution is 7.89. The topological polar surface area (TPSA) is 90.2 Å². The van der Waals surface area contributed by atoms with Crippen LogP contribution in [0.5, 0.6) is 5.75 Å². The number of hydrogen-bond acceptors (Lipinski definition) is 4. The molecule has 0 unspecified atom stereocenters. The minimum atomic E-state index is -3.51. The van der Waals surface area contributed by atoms with Crippen molar-refractivity contribution in [2.75, 3.05) is 5.75 Å². The van der Waals surface area contributed by atoms with Gasteiger partial charge in [0.2, 0.25) is 10.0 Å². The lowest BCUT2D eigenvalue weighted by atomic mass is 10.2. The smallest absolute Gasteiger partial charge is 0.225 e. The van der Waals surface area contributed by atoms with Gasteiger partial charge < -0.3 is 5.11 Å². The van der Waals surface area contributed by atoms with Crippen molar-refractivity contribution in [1.29, 1.82) is 5.26 Å². The van der Waals surface area contributed by atoms with E-state index in [4.69, 9.17) is 10.4 Å². The quantitative estimate of drug-likeness (QED) is 0.774. The molecular formula is C9H10N2O3S. The first kappa shape index (κ1) is 11.5. The first-order chi connectivity index (χ1) is 7.03. The largest absolute Gasteiger partial charge is 0.508 e. The van der Waals surface area contributed by atoms with Crippen LogP contribution in [0.3, 0.4) is 0 Å². The Morgan fingerprint density at radius 1 is 1.33 bits per heavy atom. The summed E-state index contributed by atoms with van der Waals surface area (Å²) in [5.41, 5.74) is 0.717. The number of nitriles is 1. The van der Waals surface area contributed by atoms with Gasteiger partial charge in [-0.15, -0.1) is 0 Å². The highest BCUT2D eigenvalue weighted by Crippen LogP contribution is 2.09. The van der Waals surface area contributed by atoms with Gasteiger partial charge >= 0.3 is 0 Å². The third-order valence-corrected chi connectivity index (χ3v) is 2.78. The Morgan fingerprint density at radius 3 is 2.47 bits per heavy atom. The maximum Gasteiger partial charge on any atom is 0.225 e. The van der Waals surface area contributed by atoms with Gasteiger partial charge in [-0.25, -0.2) is 13.1 Å². The molecular weight excluding hydrogens is 216 g/mol. The molecule has 15 heavy (non-hydrogen) atoms. The molecule has 80 valence electrons. The SMILES string of the molecule is N#CCS(=O)(=O)NCc1ccc(O)cc1. The average Bonchev–Trinajstić information content (AvgIpc) is 2.17. The first-order valence-corrected chi connectivity index (χ1v) is 5.81. The second kappa shape index (κ2) is 4.77. The summed E-state index contributed by atoms with van der Waals surface area (Å²) in [5, 5.41) is 17.2. The Bertz CT molecular complexity index is 459. The van der Waals surface area contributed by atoms with Crippen LogP contribution in [0.25, 0.3) is 0 Å². The summed E-state index contributed by atoms with van der Waals surface area (Å²) < 4.78 is 24.4. The number of phenols is 1. The van der Waals surface area contributed by atoms with Gasteiger partial charge in [0.25, 0.3) is 0 Å². The summed E-state index contributed by atoms with van der Waals surface area (Å²) >= 11 is 0. The molecule has 0 saturated heterocycles. The number of phenolic OH excluding ortho intramolecular Hbond substituents is 1. The molecule has 1 aromatic rings. The predicted octanol–water partition coefficient (Wildman–Crippen LogP) is 0.335. The predicted molar refractivity (Wildman–Crippen MR) is 54.3 cm³/mol. The van der Waals surface area contributed by atoms with Crippen molar-refractivity contribution in [2.45, 2.75) is 6.54 Å². The fourth-order valence-electron chi connectivity index (χ4n) is 0.943. The average molecular weight is 226 g/mol. The van der Waals surface area contributed by atoms with Crippen LogP contribution in [-0.2, 0) is 16.6 Å². The number of nitrogens with one attached hydrogen (secondary N) is 1. The van der Waals surface area contributed by atoms with Gasteiger partial charge in [0.05, 0.1) is 6.07 Å². The molecule has 6 heteroatoms. The number of aromatic hydroxyl groups is 1. The Labute approximate surface area is 88.0 Å². The zero-order valence-corrected chi connectivity index (χ0v) is 8.66. The highest BCUT2D eigenvalue weighted by Gasteiger charge is 2.08. The molecule has 0 aromatic heterocycles. The molecule has 0 bridgehead atoms. The molecule has 0 spiro atoms. The fraction of sp³-hybridized carbons (Fsp3) is 0.222. The maximum atomic E-state index is 11.1. The van der Waals surface area contributed by atoms with Crippen LogP contribution in [0.15, 0.2) is 24.3 Å². The van der Waals surface area contributed by atoms with E-state index in [1.807, 2.05) is 0 Å². The molecule has 0 aliphatic rings. The molecule has 0 fully saturated rings. The van der Waals surface area contributed by atoms with Gasteiger partial charge in [-0.3, -0.25) is 0 Å². The van der Waals surface area contributed by atoms with Crippen molar-refractivity contribution >= 4 is 10.0 Å². The summed E-state index contributed by atoms with van der Waals surface area (Å²) in [7, 11) is -3.51. The van der Waals surface area contributed by atoms with Crippen LogP contribution in [-0.4, -0.2) is 19.3 Å². The molecule has 0 aliphatic carbocycles. The molecule has 2 N–H and O–H groups in total. The molecule has 0 amide bonds. The Hall–Kier alpha value is -1.58. The number of hydrogen-bond donors (Lipinski definition) is 2. The molecule has 1 rings (SSSR count). The van der Waals surface area contributed by atoms with E-state index in [2.05, 4.69) is 4.72 Å². The van der Waals surface area contributed by atoms with Gasteiger partial charge in [-0.05, 0) is 17.7 Å². The normalized spacial score (nSPS) is 10.9. The second-order valence-corrected chi connectivity index (χ2v) is 4.71. The van der Waals surface area contributed by atoms with Gasteiger partial charge in [-0.2, -0.15) is 5.26 Å². The van der Waals surface area contributed by atoms with E-state index in [0.717, 1.165) is 0 Å². The molecule has 0 aliphatic heterocycles. The second-order valence-electron chi connectivity index (χ2n) is 2.90. The summed E-state index contributed by atoms with van der Waals surface area (Å²) in [4.78, 5) is 0. The summed E-state index contributed by atoms with van der Waals surface area (Å²) in [6, 6.07) is 7.70. The third-order valence-electron chi connectivity index (χ3n) is 1.69. The number of rotatable bonds is 4. The van der Waals surface area contributed by atoms with Crippen molar-refractivity contribution in [1.82, 2.24) is 4.72 Å². The van der Waals surface area contributed by atoms with Crippen molar-refractivity contribution < 1.29 is 13.5 Å². The van der Waals surface area contributed by atoms with Crippen molar-refractivity contribution in [3.05, 3.63) is 29.8 Å². The number of sulfonamides is 1. The van der Waals surface area contributed by atoms with Crippen LogP contribution in [0.2, 0.25) is 0 Å². The molecule has 0 saturated carbocycles. The van der Waals surface area contributed by atoms with Crippen LogP contribution in [0.4, 0.5) is 0 Å². The van der Waals surface area contributed by atoms with Crippen molar-refractivity contribution in [3.63, 3.8) is 0 Å². The van der Waals surface area contributed by atoms with Gasteiger partial charge in [-0.1, -0.05) is 12.1 Å². The van der Waals surface area contributed by atoms with E-state index in [1.54, 1.807) is 18.2 Å². The minimum absolute atomic E-state index is 0.115. The standard InChI is InChI=1S/C9H10N2O3S/c10-5-6-15(13,14)11-7-8-1-3-9(12)4-2-8/h1-4,11-12H,6-7H2. The lowest BCUT2D eigenvalue weighted by molar-refractivity contribution is 0.475. The fourth-order valence-corrected chi connectivity index (χ4v) is 1.60. The van der Waals surface area contributed by atoms with E-state index >= 15 is 0 Å². The van der Waals surface area contributed by atoms with E-state index in [-0.39, 0.29) is 12.3 Å². The van der Waals surface area contributed by atoms with Crippen LogP contribution < -0.4 is 4.72 Å². The molecule has 0 heterocycles. The summed E-state index contributed by atoms with van der Waals surface area (Å²) in [6.07, 6.45) is 0. The minimum Gasteiger partial charge on any atom is -0.508 e. The number of nitrogens with zero attached hydrogens (tertiary/aromatic N) is 1. The zero-order chi connectivity index (χ0) is 11.3. The zero-order valence-electron chi connectivity index (χ0n) is 7.84. The van der Waals surface area contributed by atoms with Crippen molar-refractivity contribution in [3.8, 4) is 11.8 Å². The maximum absolute atomic E-state index is 11.1. The van der Waals surface area contributed by atoms with Gasteiger partial charge in [0, 0.05) is 6.54 Å². The van der Waals surface area contributed by atoms with E-state index in [9.17, 15) is 8.42 Å². The third kappa shape index (κ3) is 3.97. The van der Waals surface area contributed by atoms with E-state index < -0.39 is 15.8 Å². The Balaban J connectivity index is 2.59. The Kier molecular flexibility index (Phi) is 3.66. The van der Waals surface area contributed by atoms with E-state index in [0.29, 0.717) is 5.56 Å². The Morgan fingerprint density at radius 2 is 1.93 bits per heavy atom. The molecule has 1 aromatic carbocycles. The van der Waals surface area contributed by atoms with Crippen LogP contribution in [0.1, 0.15) is 5.56 Å². The summed E-state index contributed by atoms with van der Waals surface area (Å²) in [5.74, 6) is -0.427. The van der Waals surface area contributed by atoms with Crippen molar-refractivity contribution in [2.24, 2.45) is 0 Å². The first-order valence-electron chi connectivity index (χ1n) is 4.16. The highest BCUT2D eigenvalue weighted by atomic mass is 32.2. The molecule has 0 atom stereocenters. The van der Waals surface area contributed by atoms with Gasteiger partial charge in [0.1, 0.15) is 5.75 Å². The lowest BCUT2D eigenvalue weighted by Crippen LogP contribution is -2.25. The van der Waals surface area contributed by atoms with E-state index in [1.165, 1.54) is 12.1 Å². The van der Waals surface area contributed by atoms with Crippen LogP contribution in [0, 0.1) is 11.3 Å². The number of benzene rings is 1. The molecule has 5 nitrogen and oxygen atoms in total. The monoisotopic (exact) mass is 226 g/mol. The van der Waals surface area contributed by atoms with Gasteiger partial charge in [0.15, 0.2) is 5.75 Å². The molecule has 0 radical (unpaired) electrons.